The number of hydrogen-bond acceptors (Lipinski definition) is 4. The third-order valence-electron chi connectivity index (χ3n) is 1.71. The van der Waals surface area contributed by atoms with Crippen LogP contribution in [-0.4, -0.2) is 29.6 Å². The van der Waals surface area contributed by atoms with Crippen molar-refractivity contribution in [3.8, 4) is 0 Å². The summed E-state index contributed by atoms with van der Waals surface area (Å²) in [7, 11) is 0. The monoisotopic (exact) mass is 202 g/mol. The smallest absolute Gasteiger partial charge is 0.311 e. The lowest BCUT2D eigenvalue weighted by molar-refractivity contribution is -0.154. The molecule has 0 aromatic rings. The number of esters is 1. The summed E-state index contributed by atoms with van der Waals surface area (Å²) in [6.07, 6.45) is -0.861. The predicted octanol–water partition coefficient (Wildman–Crippen LogP) is 0.916. The van der Waals surface area contributed by atoms with E-state index in [1.807, 2.05) is 0 Å². The molecule has 0 aromatic carbocycles. The van der Waals surface area contributed by atoms with Gasteiger partial charge in [0.15, 0.2) is 5.78 Å². The highest BCUT2D eigenvalue weighted by Crippen LogP contribution is 2.15. The topological polar surface area (TPSA) is 63.6 Å². The van der Waals surface area contributed by atoms with Gasteiger partial charge in [-0.15, -0.1) is 0 Å². The second kappa shape index (κ2) is 5.10. The molecular formula is C10H18O4. The van der Waals surface area contributed by atoms with Gasteiger partial charge in [-0.2, -0.15) is 0 Å². The first-order valence-electron chi connectivity index (χ1n) is 4.61. The van der Waals surface area contributed by atoms with E-state index in [0.717, 1.165) is 0 Å². The zero-order chi connectivity index (χ0) is 11.4. The Labute approximate surface area is 84.3 Å². The molecule has 0 heterocycles. The van der Waals surface area contributed by atoms with Gasteiger partial charge in [0.05, 0.1) is 12.0 Å². The van der Waals surface area contributed by atoms with Crippen molar-refractivity contribution in [1.29, 1.82) is 0 Å². The first-order valence-corrected chi connectivity index (χ1v) is 4.61. The molecule has 0 unspecified atom stereocenters. The average Bonchev–Trinajstić information content (AvgIpc) is 2.01. The van der Waals surface area contributed by atoms with Crippen molar-refractivity contribution in [3.63, 3.8) is 0 Å². The van der Waals surface area contributed by atoms with Gasteiger partial charge in [-0.05, 0) is 27.7 Å². The molecule has 82 valence electrons. The van der Waals surface area contributed by atoms with E-state index in [9.17, 15) is 9.59 Å². The third-order valence-corrected chi connectivity index (χ3v) is 1.71. The van der Waals surface area contributed by atoms with Crippen LogP contribution in [0.1, 0.15) is 34.1 Å². The van der Waals surface area contributed by atoms with E-state index in [-0.39, 0.29) is 24.8 Å². The predicted molar refractivity (Wildman–Crippen MR) is 51.7 cm³/mol. The number of aliphatic hydroxyl groups excluding tert-OH is 1. The number of ketones is 1. The lowest BCUT2D eigenvalue weighted by Gasteiger charge is -2.17. The summed E-state index contributed by atoms with van der Waals surface area (Å²) in [5, 5.41) is 9.10. The summed E-state index contributed by atoms with van der Waals surface area (Å²) in [5.74, 6) is -0.634. The second-order valence-electron chi connectivity index (χ2n) is 4.30. The van der Waals surface area contributed by atoms with E-state index in [1.54, 1.807) is 20.8 Å². The zero-order valence-corrected chi connectivity index (χ0v) is 9.16. The van der Waals surface area contributed by atoms with Gasteiger partial charge >= 0.3 is 5.97 Å². The molecule has 0 amide bonds. The fourth-order valence-electron chi connectivity index (χ4n) is 0.683. The first-order chi connectivity index (χ1) is 6.25. The molecule has 0 fully saturated rings. The summed E-state index contributed by atoms with van der Waals surface area (Å²) < 4.78 is 4.88. The number of carbonyl (C=O) groups is 2. The van der Waals surface area contributed by atoms with E-state index in [4.69, 9.17) is 9.84 Å². The molecule has 0 rings (SSSR count). The fraction of sp³-hybridized carbons (Fsp3) is 0.800. The van der Waals surface area contributed by atoms with Crippen molar-refractivity contribution in [3.05, 3.63) is 0 Å². The van der Waals surface area contributed by atoms with Crippen LogP contribution in [-0.2, 0) is 14.3 Å². The van der Waals surface area contributed by atoms with Crippen LogP contribution in [0.3, 0.4) is 0 Å². The van der Waals surface area contributed by atoms with Crippen molar-refractivity contribution < 1.29 is 19.4 Å². The van der Waals surface area contributed by atoms with Crippen molar-refractivity contribution in [2.75, 3.05) is 6.61 Å². The molecule has 0 aliphatic rings. The van der Waals surface area contributed by atoms with Gasteiger partial charge in [-0.3, -0.25) is 9.59 Å². The molecule has 0 spiro atoms. The largest absolute Gasteiger partial charge is 0.465 e. The maximum atomic E-state index is 11.2. The highest BCUT2D eigenvalue weighted by Gasteiger charge is 2.23. The number of ether oxygens (including phenoxy) is 1. The molecule has 0 bridgehead atoms. The minimum Gasteiger partial charge on any atom is -0.465 e. The summed E-state index contributed by atoms with van der Waals surface area (Å²) >= 11 is 0. The van der Waals surface area contributed by atoms with Crippen LogP contribution >= 0.6 is 0 Å². The molecule has 1 N–H and O–H groups in total. The Morgan fingerprint density at radius 1 is 1.36 bits per heavy atom. The standard InChI is InChI=1S/C10H18O4/c1-7(11)8(12)5-6-14-9(13)10(2,3)4/h8,12H,5-6H2,1-4H3/t8-/m0/s1. The molecule has 0 saturated carbocycles. The van der Waals surface area contributed by atoms with Crippen LogP contribution in [0.5, 0.6) is 0 Å². The van der Waals surface area contributed by atoms with E-state index in [0.29, 0.717) is 0 Å². The highest BCUT2D eigenvalue weighted by atomic mass is 16.5. The normalized spacial score (nSPS) is 13.5. The SMILES string of the molecule is CC(=O)[C@@H](O)CCOC(=O)C(C)(C)C. The zero-order valence-electron chi connectivity index (χ0n) is 9.16. The van der Waals surface area contributed by atoms with Gasteiger partial charge in [0.2, 0.25) is 0 Å². The average molecular weight is 202 g/mol. The second-order valence-corrected chi connectivity index (χ2v) is 4.30. The third kappa shape index (κ3) is 4.97. The van der Waals surface area contributed by atoms with Crippen LogP contribution in [0.4, 0.5) is 0 Å². The van der Waals surface area contributed by atoms with Crippen LogP contribution in [0, 0.1) is 5.41 Å². The summed E-state index contributed by atoms with van der Waals surface area (Å²) in [5.41, 5.74) is -0.541. The number of hydrogen-bond donors (Lipinski definition) is 1. The van der Waals surface area contributed by atoms with Crippen molar-refractivity contribution in [2.45, 2.75) is 40.2 Å². The Kier molecular flexibility index (Phi) is 4.77. The van der Waals surface area contributed by atoms with E-state index < -0.39 is 11.5 Å². The van der Waals surface area contributed by atoms with Gasteiger partial charge in [0, 0.05) is 6.42 Å². The minimum atomic E-state index is -1.03. The van der Waals surface area contributed by atoms with Gasteiger partial charge in [-0.1, -0.05) is 0 Å². The maximum absolute atomic E-state index is 11.2. The quantitative estimate of drug-likeness (QED) is 0.688. The van der Waals surface area contributed by atoms with E-state index in [2.05, 4.69) is 0 Å². The Balaban J connectivity index is 3.76. The number of aliphatic hydroxyl groups is 1. The highest BCUT2D eigenvalue weighted by molar-refractivity contribution is 5.80. The molecule has 0 saturated heterocycles. The van der Waals surface area contributed by atoms with Gasteiger partial charge < -0.3 is 9.84 Å². The molecule has 14 heavy (non-hydrogen) atoms. The molecule has 4 nitrogen and oxygen atoms in total. The summed E-state index contributed by atoms with van der Waals surface area (Å²) in [6.45, 7) is 6.62. The molecule has 0 aliphatic carbocycles. The molecule has 0 aromatic heterocycles. The van der Waals surface area contributed by atoms with Crippen molar-refractivity contribution >= 4 is 11.8 Å². The number of carbonyl (C=O) groups excluding carboxylic acids is 2. The Morgan fingerprint density at radius 3 is 2.21 bits per heavy atom. The van der Waals surface area contributed by atoms with Crippen molar-refractivity contribution in [2.24, 2.45) is 5.41 Å². The molecule has 4 heteroatoms. The van der Waals surface area contributed by atoms with Gasteiger partial charge in [0.1, 0.15) is 6.10 Å². The van der Waals surface area contributed by atoms with Crippen LogP contribution in [0.25, 0.3) is 0 Å². The van der Waals surface area contributed by atoms with Crippen LogP contribution in [0.2, 0.25) is 0 Å². The van der Waals surface area contributed by atoms with E-state index in [1.165, 1.54) is 6.92 Å². The van der Waals surface area contributed by atoms with Crippen LogP contribution < -0.4 is 0 Å². The minimum absolute atomic E-state index is 0.0802. The molecular weight excluding hydrogens is 184 g/mol. The van der Waals surface area contributed by atoms with E-state index >= 15 is 0 Å². The Morgan fingerprint density at radius 2 is 1.86 bits per heavy atom. The lowest BCUT2D eigenvalue weighted by Crippen LogP contribution is -2.26. The first kappa shape index (κ1) is 13.1. The van der Waals surface area contributed by atoms with Gasteiger partial charge in [-0.25, -0.2) is 0 Å². The Bertz CT molecular complexity index is 215. The molecule has 0 aliphatic heterocycles. The summed E-state index contributed by atoms with van der Waals surface area (Å²) in [4.78, 5) is 21.9. The Hall–Kier alpha value is -0.900. The maximum Gasteiger partial charge on any atom is 0.311 e. The van der Waals surface area contributed by atoms with Crippen LogP contribution in [0.15, 0.2) is 0 Å². The fourth-order valence-corrected chi connectivity index (χ4v) is 0.683. The van der Waals surface area contributed by atoms with Crippen molar-refractivity contribution in [1.82, 2.24) is 0 Å². The number of rotatable bonds is 4. The summed E-state index contributed by atoms with van der Waals surface area (Å²) in [6, 6.07) is 0. The van der Waals surface area contributed by atoms with Gasteiger partial charge in [0.25, 0.3) is 0 Å². The molecule has 0 radical (unpaired) electrons. The lowest BCUT2D eigenvalue weighted by atomic mass is 9.97. The molecule has 1 atom stereocenters. The number of Topliss-reactive ketones (excluding diaryl/α,β-unsaturated/α-hetero) is 1.